The molecule has 2 amide bonds. The molecule has 0 aliphatic heterocycles. The third kappa shape index (κ3) is 5.96. The van der Waals surface area contributed by atoms with Gasteiger partial charge in [0.1, 0.15) is 35.2 Å². The highest BCUT2D eigenvalue weighted by molar-refractivity contribution is 5.89. The highest BCUT2D eigenvalue weighted by Gasteiger charge is 2.16. The maximum Gasteiger partial charge on any atom is 0.316 e. The van der Waals surface area contributed by atoms with Gasteiger partial charge in [0.25, 0.3) is 5.88 Å². The SMILES string of the molecule is Cc1oc(-c2ccccc2)nc1COc1nn(Cc2ccc(Oc3ccccc3)cc2)cc1NC(N)=O. The van der Waals surface area contributed by atoms with Crippen LogP contribution in [-0.4, -0.2) is 20.8 Å². The van der Waals surface area contributed by atoms with Crippen LogP contribution in [0, 0.1) is 6.92 Å². The number of nitrogens with one attached hydrogen (secondary N) is 1. The van der Waals surface area contributed by atoms with E-state index in [2.05, 4.69) is 15.4 Å². The fourth-order valence-corrected chi connectivity index (χ4v) is 3.69. The highest BCUT2D eigenvalue weighted by atomic mass is 16.5. The summed E-state index contributed by atoms with van der Waals surface area (Å²) < 4.78 is 19.2. The molecule has 0 aliphatic carbocycles. The summed E-state index contributed by atoms with van der Waals surface area (Å²) >= 11 is 0. The molecular formula is C28H25N5O4. The Balaban J connectivity index is 1.28. The number of benzene rings is 3. The number of oxazole rings is 1. The maximum absolute atomic E-state index is 11.5. The molecule has 9 nitrogen and oxygen atoms in total. The summed E-state index contributed by atoms with van der Waals surface area (Å²) in [6.45, 7) is 2.38. The molecule has 0 spiro atoms. The van der Waals surface area contributed by atoms with Crippen molar-refractivity contribution in [2.24, 2.45) is 5.73 Å². The lowest BCUT2D eigenvalue weighted by atomic mass is 10.2. The van der Waals surface area contributed by atoms with Gasteiger partial charge in [-0.2, -0.15) is 0 Å². The van der Waals surface area contributed by atoms with E-state index < -0.39 is 6.03 Å². The predicted molar refractivity (Wildman–Crippen MR) is 139 cm³/mol. The molecule has 0 aliphatic rings. The van der Waals surface area contributed by atoms with Gasteiger partial charge in [0, 0.05) is 5.56 Å². The van der Waals surface area contributed by atoms with E-state index in [4.69, 9.17) is 19.6 Å². The Hall–Kier alpha value is -5.05. The van der Waals surface area contributed by atoms with Gasteiger partial charge >= 0.3 is 6.03 Å². The highest BCUT2D eigenvalue weighted by Crippen LogP contribution is 2.27. The zero-order valence-electron chi connectivity index (χ0n) is 20.1. The van der Waals surface area contributed by atoms with E-state index in [0.29, 0.717) is 29.6 Å². The average Bonchev–Trinajstić information content (AvgIpc) is 3.46. The van der Waals surface area contributed by atoms with E-state index >= 15 is 0 Å². The van der Waals surface area contributed by atoms with Gasteiger partial charge in [-0.15, -0.1) is 5.10 Å². The normalized spacial score (nSPS) is 10.7. The summed E-state index contributed by atoms with van der Waals surface area (Å²) in [4.78, 5) is 16.1. The number of aryl methyl sites for hydroxylation is 1. The fourth-order valence-electron chi connectivity index (χ4n) is 3.69. The minimum Gasteiger partial charge on any atom is -0.468 e. The number of hydrogen-bond acceptors (Lipinski definition) is 6. The number of aromatic nitrogens is 3. The first-order valence-corrected chi connectivity index (χ1v) is 11.6. The number of carbonyl (C=O) groups is 1. The minimum atomic E-state index is -0.712. The molecule has 0 atom stereocenters. The van der Waals surface area contributed by atoms with Crippen LogP contribution in [0.25, 0.3) is 11.5 Å². The predicted octanol–water partition coefficient (Wildman–Crippen LogP) is 5.76. The second-order valence-electron chi connectivity index (χ2n) is 8.27. The van der Waals surface area contributed by atoms with E-state index in [9.17, 15) is 4.79 Å². The molecule has 0 bridgehead atoms. The van der Waals surface area contributed by atoms with Crippen LogP contribution in [0.1, 0.15) is 17.0 Å². The number of anilines is 1. The molecule has 2 heterocycles. The molecule has 2 aromatic heterocycles. The molecule has 0 unspecified atom stereocenters. The molecule has 0 saturated heterocycles. The summed E-state index contributed by atoms with van der Waals surface area (Å²) in [5.41, 5.74) is 8.20. The minimum absolute atomic E-state index is 0.109. The third-order valence-corrected chi connectivity index (χ3v) is 5.49. The van der Waals surface area contributed by atoms with Crippen molar-refractivity contribution in [3.63, 3.8) is 0 Å². The van der Waals surface area contributed by atoms with E-state index in [-0.39, 0.29) is 12.5 Å². The topological polar surface area (TPSA) is 117 Å². The monoisotopic (exact) mass is 495 g/mol. The van der Waals surface area contributed by atoms with Crippen LogP contribution in [-0.2, 0) is 13.2 Å². The molecule has 186 valence electrons. The molecule has 3 N–H and O–H groups in total. The van der Waals surface area contributed by atoms with Crippen molar-refractivity contribution < 1.29 is 18.7 Å². The molecule has 0 saturated carbocycles. The number of primary amides is 1. The van der Waals surface area contributed by atoms with Gasteiger partial charge < -0.3 is 24.9 Å². The van der Waals surface area contributed by atoms with Crippen LogP contribution in [0.4, 0.5) is 10.5 Å². The molecule has 5 rings (SSSR count). The van der Waals surface area contributed by atoms with Crippen LogP contribution in [0.2, 0.25) is 0 Å². The molecule has 37 heavy (non-hydrogen) atoms. The average molecular weight is 496 g/mol. The fraction of sp³-hybridized carbons (Fsp3) is 0.107. The molecular weight excluding hydrogens is 470 g/mol. The van der Waals surface area contributed by atoms with Gasteiger partial charge in [-0.3, -0.25) is 4.68 Å². The quantitative estimate of drug-likeness (QED) is 0.269. The van der Waals surface area contributed by atoms with Gasteiger partial charge in [-0.1, -0.05) is 48.5 Å². The number of nitrogens with zero attached hydrogens (tertiary/aromatic N) is 3. The summed E-state index contributed by atoms with van der Waals surface area (Å²) in [6.07, 6.45) is 1.67. The van der Waals surface area contributed by atoms with Gasteiger partial charge in [-0.25, -0.2) is 9.78 Å². The Bertz CT molecular complexity index is 1480. The number of amides is 2. The van der Waals surface area contributed by atoms with Crippen LogP contribution in [0.15, 0.2) is 95.5 Å². The summed E-state index contributed by atoms with van der Waals surface area (Å²) in [6, 6.07) is 26.2. The van der Waals surface area contributed by atoms with Gasteiger partial charge in [0.05, 0.1) is 12.7 Å². The first-order chi connectivity index (χ1) is 18.0. The first-order valence-electron chi connectivity index (χ1n) is 11.6. The van der Waals surface area contributed by atoms with Crippen molar-refractivity contribution in [1.29, 1.82) is 0 Å². The summed E-state index contributed by atoms with van der Waals surface area (Å²) in [5, 5.41) is 7.06. The Labute approximate surface area is 213 Å². The van der Waals surface area contributed by atoms with E-state index in [1.165, 1.54) is 0 Å². The Morgan fingerprint density at radius 3 is 2.35 bits per heavy atom. The molecule has 0 radical (unpaired) electrons. The lowest BCUT2D eigenvalue weighted by molar-refractivity contribution is 0.258. The Kier molecular flexibility index (Phi) is 6.84. The van der Waals surface area contributed by atoms with Crippen molar-refractivity contribution >= 4 is 11.7 Å². The summed E-state index contributed by atoms with van der Waals surface area (Å²) in [5.74, 6) is 2.88. The van der Waals surface area contributed by atoms with E-state index in [1.54, 1.807) is 10.9 Å². The summed E-state index contributed by atoms with van der Waals surface area (Å²) in [7, 11) is 0. The molecule has 9 heteroatoms. The number of urea groups is 1. The van der Waals surface area contributed by atoms with Crippen molar-refractivity contribution in [3.05, 3.63) is 108 Å². The van der Waals surface area contributed by atoms with Crippen LogP contribution < -0.4 is 20.5 Å². The van der Waals surface area contributed by atoms with Crippen LogP contribution in [0.3, 0.4) is 0 Å². The van der Waals surface area contributed by atoms with E-state index in [0.717, 1.165) is 22.6 Å². The van der Waals surface area contributed by atoms with Crippen molar-refractivity contribution in [2.75, 3.05) is 5.32 Å². The number of carbonyl (C=O) groups excluding carboxylic acids is 1. The Morgan fingerprint density at radius 2 is 1.65 bits per heavy atom. The van der Waals surface area contributed by atoms with E-state index in [1.807, 2.05) is 91.9 Å². The van der Waals surface area contributed by atoms with Gasteiger partial charge in [0.15, 0.2) is 0 Å². The number of rotatable bonds is 9. The second-order valence-corrected chi connectivity index (χ2v) is 8.27. The van der Waals surface area contributed by atoms with Gasteiger partial charge in [-0.05, 0) is 48.9 Å². The number of hydrogen-bond donors (Lipinski definition) is 2. The third-order valence-electron chi connectivity index (χ3n) is 5.49. The molecule has 0 fully saturated rings. The standard InChI is InChI=1S/C28H25N5O4/c1-19-25(30-26(36-19)21-8-4-2-5-9-21)18-35-27-24(31-28(29)34)17-33(32-27)16-20-12-14-23(15-13-20)37-22-10-6-3-7-11-22/h2-15,17H,16,18H2,1H3,(H3,29,31,34). The number of para-hydroxylation sites is 1. The van der Waals surface area contributed by atoms with Crippen molar-refractivity contribution in [3.8, 4) is 28.8 Å². The molecule has 3 aromatic carbocycles. The van der Waals surface area contributed by atoms with Crippen molar-refractivity contribution in [1.82, 2.24) is 14.8 Å². The largest absolute Gasteiger partial charge is 0.468 e. The van der Waals surface area contributed by atoms with Crippen LogP contribution >= 0.6 is 0 Å². The lowest BCUT2D eigenvalue weighted by Gasteiger charge is -2.07. The zero-order valence-corrected chi connectivity index (χ0v) is 20.1. The molecule has 5 aromatic rings. The maximum atomic E-state index is 11.5. The second kappa shape index (κ2) is 10.7. The zero-order chi connectivity index (χ0) is 25.6. The Morgan fingerprint density at radius 1 is 0.973 bits per heavy atom. The van der Waals surface area contributed by atoms with Crippen LogP contribution in [0.5, 0.6) is 17.4 Å². The first kappa shape index (κ1) is 23.7. The number of nitrogens with two attached hydrogens (primary N) is 1. The van der Waals surface area contributed by atoms with Gasteiger partial charge in [0.2, 0.25) is 5.89 Å². The smallest absolute Gasteiger partial charge is 0.316 e. The lowest BCUT2D eigenvalue weighted by Crippen LogP contribution is -2.19. The number of ether oxygens (including phenoxy) is 2. The van der Waals surface area contributed by atoms with Crippen molar-refractivity contribution in [2.45, 2.75) is 20.1 Å².